The highest BCUT2D eigenvalue weighted by Crippen LogP contribution is 2.40. The molecule has 0 radical (unpaired) electrons. The van der Waals surface area contributed by atoms with Crippen LogP contribution in [0.25, 0.3) is 27.5 Å². The molecule has 0 aliphatic carbocycles. The number of fused-ring (bicyclic) bond motifs is 3. The summed E-state index contributed by atoms with van der Waals surface area (Å²) in [7, 11) is 0. The van der Waals surface area contributed by atoms with Crippen LogP contribution in [0.2, 0.25) is 5.02 Å². The van der Waals surface area contributed by atoms with Gasteiger partial charge in [-0.2, -0.15) is 4.57 Å². The molecule has 2 heterocycles. The normalized spacial score (nSPS) is 10.9. The standard InChI is InChI=1S/C24H17ClN2O.BrH/c25-19-11-7-10-18-22-21(28)13-12-20(26-14-5-2-6-15-26)24(22)27(23(18)19)16-17-8-3-1-4-9-17;/h1-15H,16H2;1H. The summed E-state index contributed by atoms with van der Waals surface area (Å²) in [6.45, 7) is 0.661. The fourth-order valence-corrected chi connectivity index (χ4v) is 4.18. The van der Waals surface area contributed by atoms with Crippen LogP contribution in [-0.4, -0.2) is 9.67 Å². The first-order valence-corrected chi connectivity index (χ1v) is 9.55. The highest BCUT2D eigenvalue weighted by Gasteiger charge is 2.23. The van der Waals surface area contributed by atoms with Crippen LogP contribution in [0.3, 0.4) is 0 Å². The number of aromatic nitrogens is 2. The molecular formula is C24H18BrClN2O. The number of benzene rings is 3. The maximum absolute atomic E-state index is 10.7. The lowest BCUT2D eigenvalue weighted by molar-refractivity contribution is -0.594. The molecular weight excluding hydrogens is 448 g/mol. The molecule has 0 spiro atoms. The molecule has 2 aromatic heterocycles. The molecule has 3 nitrogen and oxygen atoms in total. The predicted octanol–water partition coefficient (Wildman–Crippen LogP) is 2.48. The summed E-state index contributed by atoms with van der Waals surface area (Å²) >= 11 is 6.64. The highest BCUT2D eigenvalue weighted by atomic mass is 79.9. The summed E-state index contributed by atoms with van der Waals surface area (Å²) in [6.07, 6.45) is 4.02. The number of hydrogen-bond donors (Lipinski definition) is 1. The van der Waals surface area contributed by atoms with Crippen molar-refractivity contribution in [2.24, 2.45) is 0 Å². The Morgan fingerprint density at radius 1 is 0.793 bits per heavy atom. The Bertz CT molecular complexity index is 1300. The van der Waals surface area contributed by atoms with Gasteiger partial charge in [0, 0.05) is 30.1 Å². The van der Waals surface area contributed by atoms with Crippen LogP contribution >= 0.6 is 11.6 Å². The van der Waals surface area contributed by atoms with Crippen LogP contribution in [0.1, 0.15) is 5.56 Å². The zero-order valence-corrected chi connectivity index (χ0v) is 17.8. The maximum Gasteiger partial charge on any atom is 0.235 e. The fraction of sp³-hybridized carbons (Fsp3) is 0.0417. The Hall–Kier alpha value is -2.82. The Kier molecular flexibility index (Phi) is 5.31. The first kappa shape index (κ1) is 19.5. The molecule has 0 aliphatic rings. The van der Waals surface area contributed by atoms with E-state index in [9.17, 15) is 5.11 Å². The number of pyridine rings is 1. The summed E-state index contributed by atoms with van der Waals surface area (Å²) in [6, 6.07) is 25.8. The van der Waals surface area contributed by atoms with Gasteiger partial charge in [0.1, 0.15) is 11.3 Å². The van der Waals surface area contributed by atoms with Crippen molar-refractivity contribution in [3.8, 4) is 11.4 Å². The molecule has 0 saturated heterocycles. The summed E-state index contributed by atoms with van der Waals surface area (Å²) in [5, 5.41) is 13.2. The highest BCUT2D eigenvalue weighted by molar-refractivity contribution is 6.36. The lowest BCUT2D eigenvalue weighted by atomic mass is 10.1. The minimum atomic E-state index is 0. The molecule has 29 heavy (non-hydrogen) atoms. The lowest BCUT2D eigenvalue weighted by Gasteiger charge is -2.10. The van der Waals surface area contributed by atoms with Crippen molar-refractivity contribution < 1.29 is 26.7 Å². The van der Waals surface area contributed by atoms with Gasteiger partial charge in [-0.25, -0.2) is 0 Å². The van der Waals surface area contributed by atoms with Gasteiger partial charge in [0.2, 0.25) is 5.69 Å². The van der Waals surface area contributed by atoms with Gasteiger partial charge in [0.15, 0.2) is 12.4 Å². The smallest absolute Gasteiger partial charge is 0.235 e. The van der Waals surface area contributed by atoms with Crippen LogP contribution in [0.15, 0.2) is 91.3 Å². The van der Waals surface area contributed by atoms with Gasteiger partial charge in [0.25, 0.3) is 0 Å². The predicted molar refractivity (Wildman–Crippen MR) is 113 cm³/mol. The molecule has 0 atom stereocenters. The van der Waals surface area contributed by atoms with E-state index in [1.807, 2.05) is 73.1 Å². The van der Waals surface area contributed by atoms with Crippen molar-refractivity contribution in [2.45, 2.75) is 6.54 Å². The number of para-hydroxylation sites is 1. The van der Waals surface area contributed by atoms with Gasteiger partial charge in [-0.1, -0.05) is 60.1 Å². The summed E-state index contributed by atoms with van der Waals surface area (Å²) in [5.41, 5.74) is 4.07. The number of phenols is 1. The van der Waals surface area contributed by atoms with Crippen LogP contribution in [0.5, 0.6) is 5.75 Å². The van der Waals surface area contributed by atoms with Crippen LogP contribution in [0, 0.1) is 0 Å². The van der Waals surface area contributed by atoms with Crippen LogP contribution in [0.4, 0.5) is 0 Å². The lowest BCUT2D eigenvalue weighted by Crippen LogP contribution is -3.00. The van der Waals surface area contributed by atoms with Gasteiger partial charge in [-0.15, -0.1) is 0 Å². The Morgan fingerprint density at radius 2 is 1.52 bits per heavy atom. The number of aromatic hydroxyl groups is 1. The van der Waals surface area contributed by atoms with E-state index in [1.165, 1.54) is 5.56 Å². The second-order valence-corrected chi connectivity index (χ2v) is 7.23. The van der Waals surface area contributed by atoms with Gasteiger partial charge < -0.3 is 26.7 Å². The Morgan fingerprint density at radius 3 is 2.28 bits per heavy atom. The second-order valence-electron chi connectivity index (χ2n) is 6.82. The van der Waals surface area contributed by atoms with Gasteiger partial charge >= 0.3 is 0 Å². The molecule has 0 saturated carbocycles. The molecule has 1 N–H and O–H groups in total. The van der Waals surface area contributed by atoms with E-state index in [2.05, 4.69) is 21.3 Å². The fourth-order valence-electron chi connectivity index (χ4n) is 3.90. The molecule has 5 heteroatoms. The average Bonchev–Trinajstić information content (AvgIpc) is 3.06. The number of hydrogen-bond acceptors (Lipinski definition) is 1. The zero-order chi connectivity index (χ0) is 19.1. The molecule has 0 fully saturated rings. The average molecular weight is 466 g/mol. The van der Waals surface area contributed by atoms with Crippen molar-refractivity contribution in [3.05, 3.63) is 102 Å². The maximum atomic E-state index is 10.7. The van der Waals surface area contributed by atoms with Gasteiger partial charge in [0.05, 0.1) is 15.9 Å². The van der Waals surface area contributed by atoms with Gasteiger partial charge in [-0.05, 0) is 17.7 Å². The van der Waals surface area contributed by atoms with E-state index in [4.69, 9.17) is 11.6 Å². The Labute approximate surface area is 184 Å². The molecule has 144 valence electrons. The number of nitrogens with zero attached hydrogens (tertiary/aromatic N) is 2. The van der Waals surface area contributed by atoms with E-state index in [0.717, 1.165) is 27.5 Å². The quantitative estimate of drug-likeness (QED) is 0.408. The van der Waals surface area contributed by atoms with E-state index < -0.39 is 0 Å². The first-order valence-electron chi connectivity index (χ1n) is 9.17. The SMILES string of the molecule is Oc1ccc(-[n+]2ccccc2)c2c1c1cccc(Cl)c1n2Cc1ccccc1.[Br-]. The van der Waals surface area contributed by atoms with Crippen molar-refractivity contribution in [3.63, 3.8) is 0 Å². The number of halogens is 2. The van der Waals surface area contributed by atoms with Crippen LogP contribution < -0.4 is 21.5 Å². The van der Waals surface area contributed by atoms with Crippen molar-refractivity contribution >= 4 is 33.4 Å². The van der Waals surface area contributed by atoms with Crippen LogP contribution in [-0.2, 0) is 6.54 Å². The van der Waals surface area contributed by atoms with Crippen molar-refractivity contribution in [1.82, 2.24) is 4.57 Å². The minimum Gasteiger partial charge on any atom is -1.00 e. The topological polar surface area (TPSA) is 29.0 Å². The molecule has 0 amide bonds. The zero-order valence-electron chi connectivity index (χ0n) is 15.5. The number of phenolic OH excluding ortho intramolecular Hbond substituents is 1. The molecule has 5 aromatic rings. The third kappa shape index (κ3) is 3.28. The summed E-state index contributed by atoms with van der Waals surface area (Å²) < 4.78 is 4.27. The van der Waals surface area contributed by atoms with Crippen molar-refractivity contribution in [1.29, 1.82) is 0 Å². The van der Waals surface area contributed by atoms with E-state index in [-0.39, 0.29) is 22.7 Å². The largest absolute Gasteiger partial charge is 1.00 e. The second kappa shape index (κ2) is 7.90. The number of rotatable bonds is 3. The molecule has 5 rings (SSSR count). The van der Waals surface area contributed by atoms with Crippen molar-refractivity contribution in [2.75, 3.05) is 0 Å². The molecule has 0 bridgehead atoms. The van der Waals surface area contributed by atoms with E-state index in [0.29, 0.717) is 11.6 Å². The van der Waals surface area contributed by atoms with Gasteiger partial charge in [-0.3, -0.25) is 0 Å². The summed E-state index contributed by atoms with van der Waals surface area (Å²) in [4.78, 5) is 0. The monoisotopic (exact) mass is 464 g/mol. The third-order valence-electron chi connectivity index (χ3n) is 5.11. The Balaban J connectivity index is 0.00000205. The third-order valence-corrected chi connectivity index (χ3v) is 5.41. The molecule has 0 unspecified atom stereocenters. The first-order chi connectivity index (χ1) is 13.7. The minimum absolute atomic E-state index is 0. The molecule has 0 aliphatic heterocycles. The summed E-state index contributed by atoms with van der Waals surface area (Å²) in [5.74, 6) is 0.259. The van der Waals surface area contributed by atoms with E-state index in [1.54, 1.807) is 6.07 Å². The van der Waals surface area contributed by atoms with E-state index >= 15 is 0 Å². The molecule has 3 aromatic carbocycles.